The van der Waals surface area contributed by atoms with Crippen LogP contribution in [0.2, 0.25) is 0 Å². The molecule has 0 unspecified atom stereocenters. The highest BCUT2D eigenvalue weighted by atomic mass is 32.1. The number of thiophene rings is 1. The Kier molecular flexibility index (Phi) is 4.77. The number of carbonyl (C=O) groups is 2. The molecule has 1 rings (SSSR count). The van der Waals surface area contributed by atoms with Gasteiger partial charge < -0.3 is 10.4 Å². The van der Waals surface area contributed by atoms with Crippen molar-refractivity contribution < 1.29 is 23.5 Å². The molecule has 1 heterocycles. The number of carbonyl (C=O) groups excluding carboxylic acids is 1. The standard InChI is InChI=1S/C10H9F2NO3S/c11-8(12)5-13-10(16)7-3-1-6(17-7)2-4-9(14)15/h1-4,8H,5H2,(H,13,16)(H,14,15)/b4-2+. The minimum atomic E-state index is -2.59. The molecule has 0 atom stereocenters. The fourth-order valence-electron chi connectivity index (χ4n) is 0.975. The third kappa shape index (κ3) is 4.73. The van der Waals surface area contributed by atoms with Gasteiger partial charge in [-0.2, -0.15) is 0 Å². The monoisotopic (exact) mass is 261 g/mol. The van der Waals surface area contributed by atoms with E-state index in [1.165, 1.54) is 12.1 Å². The molecule has 0 spiro atoms. The summed E-state index contributed by atoms with van der Waals surface area (Å²) in [5, 5.41) is 10.4. The van der Waals surface area contributed by atoms with Gasteiger partial charge in [-0.15, -0.1) is 11.3 Å². The molecule has 2 N–H and O–H groups in total. The Balaban J connectivity index is 2.61. The van der Waals surface area contributed by atoms with Crippen molar-refractivity contribution in [2.24, 2.45) is 0 Å². The Bertz CT molecular complexity index is 443. The first-order valence-electron chi connectivity index (χ1n) is 4.56. The van der Waals surface area contributed by atoms with Gasteiger partial charge in [0.25, 0.3) is 12.3 Å². The molecule has 4 nitrogen and oxygen atoms in total. The molecule has 0 aliphatic rings. The number of hydrogen-bond acceptors (Lipinski definition) is 3. The quantitative estimate of drug-likeness (QED) is 0.795. The zero-order valence-electron chi connectivity index (χ0n) is 8.52. The maximum Gasteiger partial charge on any atom is 0.328 e. The second kappa shape index (κ2) is 6.09. The lowest BCUT2D eigenvalue weighted by atomic mass is 10.4. The van der Waals surface area contributed by atoms with Gasteiger partial charge in [0.2, 0.25) is 0 Å². The summed E-state index contributed by atoms with van der Waals surface area (Å²) in [4.78, 5) is 22.4. The summed E-state index contributed by atoms with van der Waals surface area (Å²) < 4.78 is 23.7. The van der Waals surface area contributed by atoms with Gasteiger partial charge in [-0.05, 0) is 18.2 Å². The predicted octanol–water partition coefficient (Wildman–Crippen LogP) is 1.84. The zero-order chi connectivity index (χ0) is 12.8. The number of halogens is 2. The van der Waals surface area contributed by atoms with Crippen molar-refractivity contribution in [2.75, 3.05) is 6.54 Å². The molecule has 1 aromatic heterocycles. The van der Waals surface area contributed by atoms with Crippen LogP contribution >= 0.6 is 11.3 Å². The molecule has 7 heteroatoms. The van der Waals surface area contributed by atoms with Gasteiger partial charge in [-0.1, -0.05) is 0 Å². The number of hydrogen-bond donors (Lipinski definition) is 2. The van der Waals surface area contributed by atoms with Crippen LogP contribution in [-0.4, -0.2) is 30.0 Å². The molecule has 0 bridgehead atoms. The summed E-state index contributed by atoms with van der Waals surface area (Å²) in [6.45, 7) is -0.697. The van der Waals surface area contributed by atoms with Crippen molar-refractivity contribution in [1.82, 2.24) is 5.32 Å². The number of nitrogens with one attached hydrogen (secondary N) is 1. The van der Waals surface area contributed by atoms with Crippen LogP contribution in [0.5, 0.6) is 0 Å². The largest absolute Gasteiger partial charge is 0.478 e. The highest BCUT2D eigenvalue weighted by molar-refractivity contribution is 7.14. The number of rotatable bonds is 5. The third-order valence-corrected chi connectivity index (χ3v) is 2.71. The Morgan fingerprint density at radius 3 is 2.76 bits per heavy atom. The summed E-state index contributed by atoms with van der Waals surface area (Å²) in [6, 6.07) is 2.99. The first-order valence-corrected chi connectivity index (χ1v) is 5.38. The number of carboxylic acid groups (broad SMARTS) is 1. The van der Waals surface area contributed by atoms with E-state index in [4.69, 9.17) is 5.11 Å². The maximum atomic E-state index is 11.8. The molecular formula is C10H9F2NO3S. The number of aliphatic carboxylic acids is 1. The number of carboxylic acids is 1. The van der Waals surface area contributed by atoms with E-state index in [0.29, 0.717) is 4.88 Å². The topological polar surface area (TPSA) is 66.4 Å². The normalized spacial score (nSPS) is 11.0. The Morgan fingerprint density at radius 1 is 1.47 bits per heavy atom. The van der Waals surface area contributed by atoms with E-state index in [9.17, 15) is 18.4 Å². The predicted molar refractivity (Wildman–Crippen MR) is 59.3 cm³/mol. The van der Waals surface area contributed by atoms with Crippen LogP contribution < -0.4 is 5.32 Å². The van der Waals surface area contributed by atoms with Crippen LogP contribution in [0.1, 0.15) is 14.5 Å². The summed E-state index contributed by atoms with van der Waals surface area (Å²) in [5.41, 5.74) is 0. The van der Waals surface area contributed by atoms with Crippen LogP contribution in [0.3, 0.4) is 0 Å². The second-order valence-corrected chi connectivity index (χ2v) is 4.09. The fraction of sp³-hybridized carbons (Fsp3) is 0.200. The van der Waals surface area contributed by atoms with Crippen molar-refractivity contribution >= 4 is 29.3 Å². The van der Waals surface area contributed by atoms with Crippen molar-refractivity contribution in [3.63, 3.8) is 0 Å². The van der Waals surface area contributed by atoms with Crippen molar-refractivity contribution in [3.05, 3.63) is 28.0 Å². The third-order valence-electron chi connectivity index (χ3n) is 1.66. The average Bonchev–Trinajstić information content (AvgIpc) is 2.71. The van der Waals surface area contributed by atoms with Gasteiger partial charge in [0, 0.05) is 11.0 Å². The summed E-state index contributed by atoms with van der Waals surface area (Å²) in [5.74, 6) is -1.69. The van der Waals surface area contributed by atoms with E-state index >= 15 is 0 Å². The van der Waals surface area contributed by atoms with E-state index in [2.05, 4.69) is 5.32 Å². The summed E-state index contributed by atoms with van der Waals surface area (Å²) >= 11 is 1.03. The minimum absolute atomic E-state index is 0.260. The lowest BCUT2D eigenvalue weighted by Gasteiger charge is -2.00. The fourth-order valence-corrected chi connectivity index (χ4v) is 1.80. The van der Waals surface area contributed by atoms with Crippen LogP contribution in [0.4, 0.5) is 8.78 Å². The van der Waals surface area contributed by atoms with E-state index in [1.54, 1.807) is 6.07 Å². The van der Waals surface area contributed by atoms with Gasteiger partial charge in [-0.3, -0.25) is 4.79 Å². The minimum Gasteiger partial charge on any atom is -0.478 e. The van der Waals surface area contributed by atoms with E-state index in [1.807, 2.05) is 0 Å². The van der Waals surface area contributed by atoms with Gasteiger partial charge in [0.15, 0.2) is 0 Å². The molecule has 0 saturated carbocycles. The summed E-state index contributed by atoms with van der Waals surface area (Å²) in [7, 11) is 0. The Labute approximate surface area is 99.6 Å². The first kappa shape index (κ1) is 13.3. The molecule has 1 amide bonds. The Morgan fingerprint density at radius 2 is 2.18 bits per heavy atom. The molecular weight excluding hydrogens is 252 g/mol. The lowest BCUT2D eigenvalue weighted by molar-refractivity contribution is -0.131. The smallest absolute Gasteiger partial charge is 0.328 e. The number of amides is 1. The molecule has 0 aliphatic heterocycles. The highest BCUT2D eigenvalue weighted by Gasteiger charge is 2.10. The second-order valence-electron chi connectivity index (χ2n) is 2.97. The Hall–Kier alpha value is -1.76. The van der Waals surface area contributed by atoms with Crippen molar-refractivity contribution in [2.45, 2.75) is 6.43 Å². The van der Waals surface area contributed by atoms with Crippen LogP contribution in [0.15, 0.2) is 18.2 Å². The molecule has 0 aromatic carbocycles. The molecule has 0 aliphatic carbocycles. The molecule has 0 saturated heterocycles. The molecule has 17 heavy (non-hydrogen) atoms. The van der Waals surface area contributed by atoms with Crippen LogP contribution in [0.25, 0.3) is 6.08 Å². The summed E-state index contributed by atoms with van der Waals surface area (Å²) in [6.07, 6.45) is -0.325. The van der Waals surface area contributed by atoms with Crippen molar-refractivity contribution in [3.8, 4) is 0 Å². The molecule has 92 valence electrons. The zero-order valence-corrected chi connectivity index (χ0v) is 9.34. The number of alkyl halides is 2. The van der Waals surface area contributed by atoms with Gasteiger partial charge in [0.1, 0.15) is 0 Å². The molecule has 1 aromatic rings. The lowest BCUT2D eigenvalue weighted by Crippen LogP contribution is -2.27. The van der Waals surface area contributed by atoms with Gasteiger partial charge in [-0.25, -0.2) is 13.6 Å². The maximum absolute atomic E-state index is 11.8. The average molecular weight is 261 g/mol. The molecule has 0 radical (unpaired) electrons. The van der Waals surface area contributed by atoms with Crippen molar-refractivity contribution in [1.29, 1.82) is 0 Å². The van der Waals surface area contributed by atoms with Crippen LogP contribution in [-0.2, 0) is 4.79 Å². The SMILES string of the molecule is O=C(O)/C=C/c1ccc(C(=O)NCC(F)F)s1. The molecule has 0 fully saturated rings. The van der Waals surface area contributed by atoms with Gasteiger partial charge >= 0.3 is 5.97 Å². The van der Waals surface area contributed by atoms with Gasteiger partial charge in [0.05, 0.1) is 11.4 Å². The highest BCUT2D eigenvalue weighted by Crippen LogP contribution is 2.17. The van der Waals surface area contributed by atoms with E-state index in [0.717, 1.165) is 17.4 Å². The first-order chi connectivity index (χ1) is 7.99. The van der Waals surface area contributed by atoms with E-state index < -0.39 is 24.8 Å². The van der Waals surface area contributed by atoms with E-state index in [-0.39, 0.29) is 4.88 Å². The van der Waals surface area contributed by atoms with Crippen LogP contribution in [0, 0.1) is 0 Å².